The number of thioether (sulfide) groups is 1. The molecule has 1 aliphatic carbocycles. The van der Waals surface area contributed by atoms with Crippen LogP contribution >= 0.6 is 23.1 Å². The molecule has 0 saturated heterocycles. The standard InChI is InChI=1S/C21H20N6O2S2/c1-11-4-2-5-12(8-11)17-13(9-22)19(24)27(14-6-3-7-15(28)18(14)17)20-25-26-21(31-20)30-10-16(23)29/h2,4-5,8,17H,3,6-7,10,24H2,1H3,(H2,23,29). The third kappa shape index (κ3) is 3.94. The van der Waals surface area contributed by atoms with E-state index in [1.165, 1.54) is 23.1 Å². The van der Waals surface area contributed by atoms with Crippen molar-refractivity contribution in [2.75, 3.05) is 10.7 Å². The molecule has 1 amide bonds. The number of primary amides is 1. The van der Waals surface area contributed by atoms with Gasteiger partial charge in [0.15, 0.2) is 10.1 Å². The second-order valence-corrected chi connectivity index (χ2v) is 9.51. The SMILES string of the molecule is Cc1cccc(C2C(C#N)=C(N)N(c3nnc(SCC(N)=O)s3)C3=C2C(=O)CCC3)c1. The Labute approximate surface area is 187 Å². The van der Waals surface area contributed by atoms with Crippen LogP contribution in [0.3, 0.4) is 0 Å². The van der Waals surface area contributed by atoms with E-state index in [4.69, 9.17) is 11.5 Å². The first-order valence-corrected chi connectivity index (χ1v) is 11.5. The normalized spacial score (nSPS) is 18.8. The molecule has 4 rings (SSSR count). The molecular weight excluding hydrogens is 432 g/mol. The number of carbonyl (C=O) groups excluding carboxylic acids is 2. The number of aromatic nitrogens is 2. The van der Waals surface area contributed by atoms with E-state index >= 15 is 0 Å². The molecule has 0 spiro atoms. The zero-order valence-electron chi connectivity index (χ0n) is 16.8. The van der Waals surface area contributed by atoms with Crippen molar-refractivity contribution < 1.29 is 9.59 Å². The van der Waals surface area contributed by atoms with Gasteiger partial charge in [-0.3, -0.25) is 14.5 Å². The van der Waals surface area contributed by atoms with Crippen molar-refractivity contribution in [3.8, 4) is 6.07 Å². The number of anilines is 1. The molecule has 1 atom stereocenters. The first-order chi connectivity index (χ1) is 14.9. The van der Waals surface area contributed by atoms with Crippen LogP contribution in [0.2, 0.25) is 0 Å². The minimum absolute atomic E-state index is 0.0193. The van der Waals surface area contributed by atoms with Crippen LogP contribution < -0.4 is 16.4 Å². The summed E-state index contributed by atoms with van der Waals surface area (Å²) in [6.07, 6.45) is 1.78. The summed E-state index contributed by atoms with van der Waals surface area (Å²) in [7, 11) is 0. The molecule has 2 aliphatic rings. The summed E-state index contributed by atoms with van der Waals surface area (Å²) in [4.78, 5) is 25.8. The van der Waals surface area contributed by atoms with Crippen molar-refractivity contribution in [2.45, 2.75) is 36.4 Å². The van der Waals surface area contributed by atoms with Crippen molar-refractivity contribution in [3.63, 3.8) is 0 Å². The maximum absolute atomic E-state index is 13.1. The molecule has 31 heavy (non-hydrogen) atoms. The second kappa shape index (κ2) is 8.53. The van der Waals surface area contributed by atoms with E-state index in [1.807, 2.05) is 31.2 Å². The first kappa shape index (κ1) is 21.1. The highest BCUT2D eigenvalue weighted by molar-refractivity contribution is 8.01. The number of rotatable bonds is 5. The molecule has 1 unspecified atom stereocenters. The molecule has 4 N–H and O–H groups in total. The molecule has 2 heterocycles. The van der Waals surface area contributed by atoms with E-state index in [-0.39, 0.29) is 17.4 Å². The number of ketones is 1. The Kier molecular flexibility index (Phi) is 5.80. The fourth-order valence-electron chi connectivity index (χ4n) is 3.97. The van der Waals surface area contributed by atoms with Gasteiger partial charge in [-0.1, -0.05) is 52.9 Å². The number of aryl methyl sites for hydroxylation is 1. The second-order valence-electron chi connectivity index (χ2n) is 7.34. The molecule has 2 aromatic rings. The summed E-state index contributed by atoms with van der Waals surface area (Å²) in [5.41, 5.74) is 15.3. The van der Waals surface area contributed by atoms with Crippen molar-refractivity contribution in [2.24, 2.45) is 11.5 Å². The van der Waals surface area contributed by atoms with Gasteiger partial charge in [-0.2, -0.15) is 5.26 Å². The minimum Gasteiger partial charge on any atom is -0.384 e. The molecule has 1 aromatic carbocycles. The predicted molar refractivity (Wildman–Crippen MR) is 119 cm³/mol. The highest BCUT2D eigenvalue weighted by Gasteiger charge is 2.41. The largest absolute Gasteiger partial charge is 0.384 e. The summed E-state index contributed by atoms with van der Waals surface area (Å²) >= 11 is 2.43. The van der Waals surface area contributed by atoms with Crippen LogP contribution in [-0.4, -0.2) is 27.6 Å². The number of Topliss-reactive ketones (excluding diaryl/α,β-unsaturated/α-hetero) is 1. The van der Waals surface area contributed by atoms with E-state index in [0.29, 0.717) is 39.9 Å². The highest BCUT2D eigenvalue weighted by atomic mass is 32.2. The van der Waals surface area contributed by atoms with Gasteiger partial charge in [-0.25, -0.2) is 0 Å². The van der Waals surface area contributed by atoms with Crippen molar-refractivity contribution >= 4 is 39.9 Å². The van der Waals surface area contributed by atoms with Gasteiger partial charge < -0.3 is 11.5 Å². The van der Waals surface area contributed by atoms with Crippen LogP contribution in [0.4, 0.5) is 5.13 Å². The highest BCUT2D eigenvalue weighted by Crippen LogP contribution is 2.47. The number of hydrogen-bond acceptors (Lipinski definition) is 9. The van der Waals surface area contributed by atoms with Gasteiger partial charge >= 0.3 is 0 Å². The van der Waals surface area contributed by atoms with E-state index < -0.39 is 11.8 Å². The van der Waals surface area contributed by atoms with Crippen LogP contribution in [0.1, 0.15) is 36.3 Å². The van der Waals surface area contributed by atoms with Crippen molar-refractivity contribution in [1.29, 1.82) is 5.26 Å². The van der Waals surface area contributed by atoms with Crippen LogP contribution in [0.5, 0.6) is 0 Å². The Morgan fingerprint density at radius 2 is 2.19 bits per heavy atom. The molecule has 10 heteroatoms. The monoisotopic (exact) mass is 452 g/mol. The van der Waals surface area contributed by atoms with Crippen LogP contribution in [0, 0.1) is 18.3 Å². The molecule has 158 valence electrons. The lowest BCUT2D eigenvalue weighted by Gasteiger charge is -2.38. The Morgan fingerprint density at radius 1 is 1.39 bits per heavy atom. The minimum atomic E-state index is -0.499. The average Bonchev–Trinajstić information content (AvgIpc) is 3.20. The summed E-state index contributed by atoms with van der Waals surface area (Å²) < 4.78 is 0.560. The van der Waals surface area contributed by atoms with E-state index in [0.717, 1.165) is 16.8 Å². The number of carbonyl (C=O) groups is 2. The zero-order chi connectivity index (χ0) is 22.1. The molecular formula is C21H20N6O2S2. The number of nitriles is 1. The third-order valence-electron chi connectivity index (χ3n) is 5.21. The number of benzene rings is 1. The van der Waals surface area contributed by atoms with Crippen LogP contribution in [0.15, 0.2) is 51.3 Å². The molecule has 1 aliphatic heterocycles. The summed E-state index contributed by atoms with van der Waals surface area (Å²) in [6.45, 7) is 1.97. The molecule has 8 nitrogen and oxygen atoms in total. The van der Waals surface area contributed by atoms with E-state index in [1.54, 1.807) is 4.90 Å². The molecule has 0 fully saturated rings. The lowest BCUT2D eigenvalue weighted by atomic mass is 9.75. The number of nitrogens with zero attached hydrogens (tertiary/aromatic N) is 4. The van der Waals surface area contributed by atoms with Gasteiger partial charge in [0.25, 0.3) is 0 Å². The van der Waals surface area contributed by atoms with E-state index in [2.05, 4.69) is 16.3 Å². The van der Waals surface area contributed by atoms with Gasteiger partial charge in [0, 0.05) is 17.7 Å². The molecule has 1 aromatic heterocycles. The summed E-state index contributed by atoms with van der Waals surface area (Å²) in [6, 6.07) is 10.0. The van der Waals surface area contributed by atoms with Gasteiger partial charge in [0.05, 0.1) is 23.3 Å². The maximum atomic E-state index is 13.1. The van der Waals surface area contributed by atoms with Gasteiger partial charge in [0.1, 0.15) is 5.82 Å². The first-order valence-electron chi connectivity index (χ1n) is 9.68. The lowest BCUT2D eigenvalue weighted by Crippen LogP contribution is -2.38. The molecule has 0 saturated carbocycles. The third-order valence-corrected chi connectivity index (χ3v) is 7.28. The quantitative estimate of drug-likeness (QED) is 0.660. The van der Waals surface area contributed by atoms with Crippen LogP contribution in [-0.2, 0) is 9.59 Å². The predicted octanol–water partition coefficient (Wildman–Crippen LogP) is 2.73. The number of amides is 1. The smallest absolute Gasteiger partial charge is 0.227 e. The average molecular weight is 453 g/mol. The van der Waals surface area contributed by atoms with Crippen LogP contribution in [0.25, 0.3) is 0 Å². The number of hydrogen-bond donors (Lipinski definition) is 2. The Hall–Kier alpha value is -3.16. The van der Waals surface area contributed by atoms with Crippen molar-refractivity contribution in [3.05, 3.63) is 58.1 Å². The number of allylic oxidation sites excluding steroid dienone is 3. The molecule has 0 radical (unpaired) electrons. The Bertz CT molecular complexity index is 1180. The summed E-state index contributed by atoms with van der Waals surface area (Å²) in [5, 5.41) is 18.8. The van der Waals surface area contributed by atoms with Crippen molar-refractivity contribution in [1.82, 2.24) is 10.2 Å². The Morgan fingerprint density at radius 3 is 2.90 bits per heavy atom. The van der Waals surface area contributed by atoms with Gasteiger partial charge in [-0.05, 0) is 25.3 Å². The van der Waals surface area contributed by atoms with Gasteiger partial charge in [0.2, 0.25) is 11.0 Å². The van der Waals surface area contributed by atoms with E-state index in [9.17, 15) is 14.9 Å². The maximum Gasteiger partial charge on any atom is 0.227 e. The van der Waals surface area contributed by atoms with Gasteiger partial charge in [-0.15, -0.1) is 10.2 Å². The fraction of sp³-hybridized carbons (Fsp3) is 0.286. The fourth-order valence-corrected chi connectivity index (χ4v) is 5.59. The number of nitrogens with two attached hydrogens (primary N) is 2. The topological polar surface area (TPSA) is 139 Å². The molecule has 0 bridgehead atoms. The Balaban J connectivity index is 1.84. The zero-order valence-corrected chi connectivity index (χ0v) is 18.4. The summed E-state index contributed by atoms with van der Waals surface area (Å²) in [5.74, 6) is -0.586. The lowest BCUT2D eigenvalue weighted by molar-refractivity contribution is -0.116.